The maximum atomic E-state index is 5.71. The molecular formula is C16H29NO. The molecule has 104 valence electrons. The molecule has 1 atom stereocenters. The smallest absolute Gasteiger partial charge is 0.113 e. The average Bonchev–Trinajstić information content (AvgIpc) is 2.80. The molecule has 1 rings (SSSR count). The molecule has 18 heavy (non-hydrogen) atoms. The zero-order chi connectivity index (χ0) is 13.6. The van der Waals surface area contributed by atoms with E-state index < -0.39 is 0 Å². The van der Waals surface area contributed by atoms with E-state index in [2.05, 4.69) is 52.1 Å². The van der Waals surface area contributed by atoms with Gasteiger partial charge in [-0.2, -0.15) is 0 Å². The van der Waals surface area contributed by atoms with Crippen molar-refractivity contribution in [3.05, 3.63) is 23.3 Å². The van der Waals surface area contributed by atoms with Gasteiger partial charge in [0.25, 0.3) is 0 Å². The van der Waals surface area contributed by atoms with Crippen molar-refractivity contribution in [1.29, 1.82) is 0 Å². The van der Waals surface area contributed by atoms with Crippen LogP contribution in [0.3, 0.4) is 0 Å². The number of ether oxygens (including phenoxy) is 1. The Morgan fingerprint density at radius 1 is 1.28 bits per heavy atom. The van der Waals surface area contributed by atoms with Crippen molar-refractivity contribution in [3.63, 3.8) is 0 Å². The number of hydrogen-bond acceptors (Lipinski definition) is 2. The third kappa shape index (κ3) is 5.36. The first kappa shape index (κ1) is 15.5. The monoisotopic (exact) mass is 251 g/mol. The van der Waals surface area contributed by atoms with Gasteiger partial charge in [-0.15, -0.1) is 0 Å². The Balaban J connectivity index is 2.38. The summed E-state index contributed by atoms with van der Waals surface area (Å²) >= 11 is 0. The lowest BCUT2D eigenvalue weighted by Gasteiger charge is -2.29. The van der Waals surface area contributed by atoms with Crippen LogP contribution in [0.25, 0.3) is 0 Å². The van der Waals surface area contributed by atoms with E-state index in [1.807, 2.05) is 0 Å². The van der Waals surface area contributed by atoms with Crippen molar-refractivity contribution < 1.29 is 4.74 Å². The molecule has 0 spiro atoms. The summed E-state index contributed by atoms with van der Waals surface area (Å²) < 4.78 is 5.71. The number of rotatable bonds is 6. The highest BCUT2D eigenvalue weighted by atomic mass is 16.5. The van der Waals surface area contributed by atoms with E-state index in [0.717, 1.165) is 26.0 Å². The van der Waals surface area contributed by atoms with E-state index in [-0.39, 0.29) is 11.6 Å². The lowest BCUT2D eigenvalue weighted by molar-refractivity contribution is 0.00894. The van der Waals surface area contributed by atoms with E-state index >= 15 is 0 Å². The molecular weight excluding hydrogens is 222 g/mol. The summed E-state index contributed by atoms with van der Waals surface area (Å²) in [4.78, 5) is 0. The van der Waals surface area contributed by atoms with Gasteiger partial charge in [-0.3, -0.25) is 5.32 Å². The summed E-state index contributed by atoms with van der Waals surface area (Å²) in [5, 5.41) is 3.42. The molecule has 1 aliphatic rings. The first-order valence-corrected chi connectivity index (χ1v) is 7.06. The Hall–Kier alpha value is -0.600. The minimum Gasteiger partial charge on any atom is -0.361 e. The van der Waals surface area contributed by atoms with Gasteiger partial charge in [0, 0.05) is 12.0 Å². The van der Waals surface area contributed by atoms with Gasteiger partial charge in [0.15, 0.2) is 0 Å². The van der Waals surface area contributed by atoms with E-state index in [9.17, 15) is 0 Å². The van der Waals surface area contributed by atoms with Crippen LogP contribution in [-0.2, 0) is 4.74 Å². The van der Waals surface area contributed by atoms with Crippen LogP contribution in [0.5, 0.6) is 0 Å². The Morgan fingerprint density at radius 3 is 2.56 bits per heavy atom. The third-order valence-electron chi connectivity index (χ3n) is 3.49. The van der Waals surface area contributed by atoms with E-state index in [0.29, 0.717) is 0 Å². The fourth-order valence-corrected chi connectivity index (χ4v) is 2.16. The van der Waals surface area contributed by atoms with Crippen LogP contribution in [-0.4, -0.2) is 19.4 Å². The second-order valence-corrected chi connectivity index (χ2v) is 6.27. The lowest BCUT2D eigenvalue weighted by atomic mass is 9.86. The van der Waals surface area contributed by atoms with Gasteiger partial charge < -0.3 is 4.74 Å². The van der Waals surface area contributed by atoms with Crippen molar-refractivity contribution in [1.82, 2.24) is 5.32 Å². The molecule has 0 aliphatic carbocycles. The summed E-state index contributed by atoms with van der Waals surface area (Å²) in [5.41, 5.74) is 3.07. The molecule has 1 aliphatic heterocycles. The summed E-state index contributed by atoms with van der Waals surface area (Å²) in [5.74, 6) is 0. The normalized spacial score (nSPS) is 21.2. The van der Waals surface area contributed by atoms with Crippen LogP contribution in [0.2, 0.25) is 0 Å². The summed E-state index contributed by atoms with van der Waals surface area (Å²) in [6.07, 6.45) is 8.29. The highest BCUT2D eigenvalue weighted by Gasteiger charge is 2.31. The fourth-order valence-electron chi connectivity index (χ4n) is 2.16. The van der Waals surface area contributed by atoms with Crippen molar-refractivity contribution in [3.8, 4) is 0 Å². The highest BCUT2D eigenvalue weighted by Crippen LogP contribution is 2.29. The molecule has 0 aromatic rings. The molecule has 0 unspecified atom stereocenters. The zero-order valence-corrected chi connectivity index (χ0v) is 12.7. The molecule has 1 heterocycles. The topological polar surface area (TPSA) is 21.3 Å². The average molecular weight is 251 g/mol. The second kappa shape index (κ2) is 7.10. The van der Waals surface area contributed by atoms with Crippen LogP contribution in [0, 0.1) is 5.41 Å². The Morgan fingerprint density at radius 2 is 2.00 bits per heavy atom. The summed E-state index contributed by atoms with van der Waals surface area (Å²) in [7, 11) is 0. The molecule has 0 aromatic heterocycles. The predicted molar refractivity (Wildman–Crippen MR) is 78.6 cm³/mol. The molecule has 0 aromatic carbocycles. The largest absolute Gasteiger partial charge is 0.361 e. The van der Waals surface area contributed by atoms with Gasteiger partial charge >= 0.3 is 0 Å². The van der Waals surface area contributed by atoms with Crippen molar-refractivity contribution in [2.45, 2.75) is 60.1 Å². The van der Waals surface area contributed by atoms with E-state index in [1.165, 1.54) is 17.6 Å². The van der Waals surface area contributed by atoms with Crippen molar-refractivity contribution in [2.75, 3.05) is 13.2 Å². The molecule has 0 radical (unpaired) electrons. The SMILES string of the molecule is CC(C)=CCCC(C)=CCC(C)(C)[C@@H]1NCCO1. The Bertz CT molecular complexity index is 305. The highest BCUT2D eigenvalue weighted by molar-refractivity contribution is 5.04. The van der Waals surface area contributed by atoms with E-state index in [1.54, 1.807) is 0 Å². The Kier molecular flexibility index (Phi) is 6.10. The maximum absolute atomic E-state index is 5.71. The second-order valence-electron chi connectivity index (χ2n) is 6.27. The van der Waals surface area contributed by atoms with Crippen molar-refractivity contribution in [2.24, 2.45) is 5.41 Å². The van der Waals surface area contributed by atoms with Crippen LogP contribution in [0.4, 0.5) is 0 Å². The minimum absolute atomic E-state index is 0.175. The van der Waals surface area contributed by atoms with Gasteiger partial charge in [-0.1, -0.05) is 37.1 Å². The molecule has 1 N–H and O–H groups in total. The van der Waals surface area contributed by atoms with Gasteiger partial charge in [-0.05, 0) is 40.0 Å². The molecule has 0 amide bonds. The number of nitrogens with one attached hydrogen (secondary N) is 1. The van der Waals surface area contributed by atoms with Crippen LogP contribution >= 0.6 is 0 Å². The quantitative estimate of drug-likeness (QED) is 0.719. The molecule has 2 heteroatoms. The number of allylic oxidation sites excluding steroid dienone is 4. The van der Waals surface area contributed by atoms with Gasteiger partial charge in [0.05, 0.1) is 6.61 Å². The molecule has 2 nitrogen and oxygen atoms in total. The Labute approximate surface area is 112 Å². The third-order valence-corrected chi connectivity index (χ3v) is 3.49. The van der Waals surface area contributed by atoms with Crippen LogP contribution in [0.15, 0.2) is 23.3 Å². The number of hydrogen-bond donors (Lipinski definition) is 1. The van der Waals surface area contributed by atoms with E-state index in [4.69, 9.17) is 4.74 Å². The summed E-state index contributed by atoms with van der Waals surface area (Å²) in [6, 6.07) is 0. The molecule has 1 fully saturated rings. The van der Waals surface area contributed by atoms with Crippen LogP contribution < -0.4 is 5.32 Å². The van der Waals surface area contributed by atoms with Gasteiger partial charge in [-0.25, -0.2) is 0 Å². The predicted octanol–water partition coefficient (Wildman–Crippen LogP) is 4.04. The lowest BCUT2D eigenvalue weighted by Crippen LogP contribution is -2.38. The molecule has 0 bridgehead atoms. The minimum atomic E-state index is 0.175. The van der Waals surface area contributed by atoms with Crippen LogP contribution in [0.1, 0.15) is 53.9 Å². The first-order valence-electron chi connectivity index (χ1n) is 7.06. The zero-order valence-electron chi connectivity index (χ0n) is 12.7. The first-order chi connectivity index (χ1) is 8.42. The molecule has 1 saturated heterocycles. The maximum Gasteiger partial charge on any atom is 0.113 e. The fraction of sp³-hybridized carbons (Fsp3) is 0.750. The molecule has 0 saturated carbocycles. The van der Waals surface area contributed by atoms with Crippen molar-refractivity contribution >= 4 is 0 Å². The van der Waals surface area contributed by atoms with Gasteiger partial charge in [0.1, 0.15) is 6.23 Å². The van der Waals surface area contributed by atoms with Gasteiger partial charge in [0.2, 0.25) is 0 Å². The standard InChI is InChI=1S/C16H29NO/c1-13(2)7-6-8-14(3)9-10-16(4,5)15-17-11-12-18-15/h7,9,15,17H,6,8,10-12H2,1-5H3/t15-/m1/s1. The summed E-state index contributed by atoms with van der Waals surface area (Å²) in [6.45, 7) is 12.9.